The molecule has 16 heavy (non-hydrogen) atoms. The van der Waals surface area contributed by atoms with Crippen LogP contribution in [0.2, 0.25) is 0 Å². The molecule has 0 saturated carbocycles. The average Bonchev–Trinajstić information content (AvgIpc) is 2.63. The van der Waals surface area contributed by atoms with Crippen molar-refractivity contribution < 1.29 is 4.79 Å². The molecule has 2 unspecified atom stereocenters. The Hall–Kier alpha value is -0.420. The lowest BCUT2D eigenvalue weighted by atomic mass is 10.1. The maximum Gasteiger partial charge on any atom is 0.234 e. The van der Waals surface area contributed by atoms with E-state index in [0.29, 0.717) is 0 Å². The van der Waals surface area contributed by atoms with Gasteiger partial charge in [-0.3, -0.25) is 4.79 Å². The van der Waals surface area contributed by atoms with Crippen molar-refractivity contribution in [3.05, 3.63) is 16.1 Å². The minimum absolute atomic E-state index is 0.0231. The predicted molar refractivity (Wildman–Crippen MR) is 71.0 cm³/mol. The topological polar surface area (TPSA) is 42.0 Å². The van der Waals surface area contributed by atoms with E-state index < -0.39 is 0 Å². The number of alkyl halides is 1. The van der Waals surface area contributed by atoms with Crippen LogP contribution >= 0.6 is 27.3 Å². The van der Waals surface area contributed by atoms with Crippen LogP contribution in [0.1, 0.15) is 37.5 Å². The van der Waals surface area contributed by atoms with Gasteiger partial charge in [0.15, 0.2) is 0 Å². The summed E-state index contributed by atoms with van der Waals surface area (Å²) in [5.41, 5.74) is 1.00. The fourth-order valence-corrected chi connectivity index (χ4v) is 2.16. The Balaban J connectivity index is 2.58. The molecule has 0 saturated heterocycles. The first kappa shape index (κ1) is 13.6. The van der Waals surface area contributed by atoms with Crippen LogP contribution in [0.3, 0.4) is 0 Å². The Morgan fingerprint density at radius 1 is 1.50 bits per heavy atom. The van der Waals surface area contributed by atoms with Gasteiger partial charge in [-0.15, -0.1) is 11.3 Å². The molecule has 1 amide bonds. The number of thiazole rings is 1. The SMILES string of the molecule is Cc1csc(C(C)NC(=O)C(Br)C(C)C)n1. The summed E-state index contributed by atoms with van der Waals surface area (Å²) in [5, 5.41) is 5.90. The van der Waals surface area contributed by atoms with E-state index in [2.05, 4.69) is 26.2 Å². The van der Waals surface area contributed by atoms with Crippen LogP contribution in [-0.2, 0) is 4.79 Å². The van der Waals surface area contributed by atoms with Crippen molar-refractivity contribution in [2.24, 2.45) is 5.92 Å². The quantitative estimate of drug-likeness (QED) is 0.869. The van der Waals surface area contributed by atoms with Crippen LogP contribution in [0.15, 0.2) is 5.38 Å². The van der Waals surface area contributed by atoms with Gasteiger partial charge in [0.2, 0.25) is 5.91 Å². The molecule has 1 rings (SSSR count). The number of aryl methyl sites for hydroxylation is 1. The average molecular weight is 305 g/mol. The van der Waals surface area contributed by atoms with E-state index in [1.807, 2.05) is 33.1 Å². The summed E-state index contributed by atoms with van der Waals surface area (Å²) in [4.78, 5) is 16.0. The van der Waals surface area contributed by atoms with Crippen LogP contribution in [0.5, 0.6) is 0 Å². The van der Waals surface area contributed by atoms with Crippen molar-refractivity contribution in [2.75, 3.05) is 0 Å². The number of hydrogen-bond acceptors (Lipinski definition) is 3. The molecule has 1 aromatic heterocycles. The molecule has 1 heterocycles. The Kier molecular flexibility index (Phi) is 4.92. The van der Waals surface area contributed by atoms with Gasteiger partial charge in [-0.05, 0) is 19.8 Å². The molecule has 90 valence electrons. The summed E-state index contributed by atoms with van der Waals surface area (Å²) in [5.74, 6) is 0.306. The van der Waals surface area contributed by atoms with Crippen LogP contribution < -0.4 is 5.32 Å². The number of carbonyl (C=O) groups is 1. The van der Waals surface area contributed by atoms with Gasteiger partial charge < -0.3 is 5.32 Å². The van der Waals surface area contributed by atoms with E-state index in [9.17, 15) is 4.79 Å². The minimum atomic E-state index is -0.143. The third-order valence-electron chi connectivity index (χ3n) is 2.20. The maximum atomic E-state index is 11.8. The zero-order chi connectivity index (χ0) is 12.3. The third-order valence-corrected chi connectivity index (χ3v) is 4.82. The molecule has 1 aromatic rings. The number of amides is 1. The molecule has 5 heteroatoms. The Morgan fingerprint density at radius 2 is 2.12 bits per heavy atom. The molecule has 0 fully saturated rings. The number of halogens is 1. The second kappa shape index (κ2) is 5.77. The summed E-state index contributed by atoms with van der Waals surface area (Å²) in [6, 6.07) is -0.0231. The van der Waals surface area contributed by atoms with Crippen LogP contribution in [0.25, 0.3) is 0 Å². The fourth-order valence-electron chi connectivity index (χ4n) is 1.23. The highest BCUT2D eigenvalue weighted by atomic mass is 79.9. The third kappa shape index (κ3) is 3.56. The number of hydrogen-bond donors (Lipinski definition) is 1. The molecule has 0 aliphatic heterocycles. The van der Waals surface area contributed by atoms with Gasteiger partial charge in [0.05, 0.1) is 10.9 Å². The molecule has 0 aliphatic rings. The number of aromatic nitrogens is 1. The molecule has 2 atom stereocenters. The number of nitrogens with zero attached hydrogens (tertiary/aromatic N) is 1. The van der Waals surface area contributed by atoms with E-state index in [1.54, 1.807) is 11.3 Å². The predicted octanol–water partition coefficient (Wildman–Crippen LogP) is 3.05. The molecule has 0 bridgehead atoms. The lowest BCUT2D eigenvalue weighted by Crippen LogP contribution is -2.35. The second-order valence-electron chi connectivity index (χ2n) is 4.20. The maximum absolute atomic E-state index is 11.8. The minimum Gasteiger partial charge on any atom is -0.346 e. The summed E-state index contributed by atoms with van der Waals surface area (Å²) < 4.78 is 0. The van der Waals surface area contributed by atoms with Gasteiger partial charge in [0.1, 0.15) is 5.01 Å². The van der Waals surface area contributed by atoms with Gasteiger partial charge in [-0.1, -0.05) is 29.8 Å². The fraction of sp³-hybridized carbons (Fsp3) is 0.636. The molecular weight excluding hydrogens is 288 g/mol. The van der Waals surface area contributed by atoms with Gasteiger partial charge in [-0.25, -0.2) is 4.98 Å². The van der Waals surface area contributed by atoms with Crippen LogP contribution in [0.4, 0.5) is 0 Å². The van der Waals surface area contributed by atoms with Crippen molar-refractivity contribution in [1.82, 2.24) is 10.3 Å². The lowest BCUT2D eigenvalue weighted by Gasteiger charge is -2.17. The Labute approximate surface area is 109 Å². The summed E-state index contributed by atoms with van der Waals surface area (Å²) >= 11 is 4.96. The molecule has 0 radical (unpaired) electrons. The lowest BCUT2D eigenvalue weighted by molar-refractivity contribution is -0.121. The van der Waals surface area contributed by atoms with Crippen molar-refractivity contribution in [3.8, 4) is 0 Å². The highest BCUT2D eigenvalue weighted by molar-refractivity contribution is 9.10. The van der Waals surface area contributed by atoms with E-state index in [1.165, 1.54) is 0 Å². The van der Waals surface area contributed by atoms with E-state index in [4.69, 9.17) is 0 Å². The highest BCUT2D eigenvalue weighted by Crippen LogP contribution is 2.19. The number of nitrogens with one attached hydrogen (secondary N) is 1. The molecule has 0 aromatic carbocycles. The first-order valence-corrected chi connectivity index (χ1v) is 7.07. The van der Waals surface area contributed by atoms with Crippen LogP contribution in [-0.4, -0.2) is 15.7 Å². The highest BCUT2D eigenvalue weighted by Gasteiger charge is 2.21. The molecule has 0 aliphatic carbocycles. The van der Waals surface area contributed by atoms with Crippen molar-refractivity contribution in [2.45, 2.75) is 38.6 Å². The second-order valence-corrected chi connectivity index (χ2v) is 6.08. The molecule has 1 N–H and O–H groups in total. The normalized spacial score (nSPS) is 14.9. The standard InChI is InChI=1S/C11H17BrN2OS/c1-6(2)9(12)10(15)14-8(4)11-13-7(3)5-16-11/h5-6,8-9H,1-4H3,(H,14,15). The van der Waals surface area contributed by atoms with Gasteiger partial charge >= 0.3 is 0 Å². The number of carbonyl (C=O) groups excluding carboxylic acids is 1. The summed E-state index contributed by atoms with van der Waals surface area (Å²) in [6.07, 6.45) is 0. The van der Waals surface area contributed by atoms with Crippen molar-refractivity contribution in [3.63, 3.8) is 0 Å². The zero-order valence-corrected chi connectivity index (χ0v) is 12.4. The molecule has 3 nitrogen and oxygen atoms in total. The first-order chi connectivity index (χ1) is 7.41. The van der Waals surface area contributed by atoms with Crippen molar-refractivity contribution >= 4 is 33.2 Å². The largest absolute Gasteiger partial charge is 0.346 e. The zero-order valence-electron chi connectivity index (χ0n) is 9.95. The van der Waals surface area contributed by atoms with E-state index in [0.717, 1.165) is 10.7 Å². The monoisotopic (exact) mass is 304 g/mol. The molecular formula is C11H17BrN2OS. The first-order valence-electron chi connectivity index (χ1n) is 5.28. The number of rotatable bonds is 4. The van der Waals surface area contributed by atoms with E-state index in [-0.39, 0.29) is 22.7 Å². The van der Waals surface area contributed by atoms with E-state index >= 15 is 0 Å². The van der Waals surface area contributed by atoms with Gasteiger partial charge in [-0.2, -0.15) is 0 Å². The van der Waals surface area contributed by atoms with Crippen LogP contribution in [0, 0.1) is 12.8 Å². The Bertz CT molecular complexity index is 365. The summed E-state index contributed by atoms with van der Waals surface area (Å²) in [7, 11) is 0. The van der Waals surface area contributed by atoms with Gasteiger partial charge in [0, 0.05) is 11.1 Å². The molecule has 0 spiro atoms. The smallest absolute Gasteiger partial charge is 0.234 e. The van der Waals surface area contributed by atoms with Crippen molar-refractivity contribution in [1.29, 1.82) is 0 Å². The Morgan fingerprint density at radius 3 is 2.56 bits per heavy atom. The van der Waals surface area contributed by atoms with Gasteiger partial charge in [0.25, 0.3) is 0 Å². The summed E-state index contributed by atoms with van der Waals surface area (Å²) in [6.45, 7) is 7.93.